The summed E-state index contributed by atoms with van der Waals surface area (Å²) >= 11 is 0. The Labute approximate surface area is 139 Å². The first-order valence-electron chi connectivity index (χ1n) is 8.42. The zero-order valence-electron chi connectivity index (χ0n) is 14.7. The topological polar surface area (TPSA) is 66.4 Å². The number of unbranched alkanes of at least 4 members (excludes halogenated alkanes) is 4. The van der Waals surface area contributed by atoms with E-state index in [0.29, 0.717) is 18.4 Å². The minimum absolute atomic E-state index is 0.125. The zero-order chi connectivity index (χ0) is 17.5. The number of hydrogen-bond acceptors (Lipinski definition) is 3. The first-order chi connectivity index (χ1) is 10.8. The van der Waals surface area contributed by atoms with Gasteiger partial charge in [0.1, 0.15) is 5.75 Å². The van der Waals surface area contributed by atoms with Gasteiger partial charge in [-0.3, -0.25) is 9.59 Å². The van der Waals surface area contributed by atoms with Crippen molar-refractivity contribution in [3.63, 3.8) is 0 Å². The number of carbonyl (C=O) groups is 2. The smallest absolute Gasteiger partial charge is 0.224 e. The number of anilines is 1. The maximum Gasteiger partial charge on any atom is 0.224 e. The second-order valence-electron chi connectivity index (χ2n) is 7.04. The van der Waals surface area contributed by atoms with Crippen LogP contribution < -0.4 is 5.32 Å². The first-order valence-corrected chi connectivity index (χ1v) is 8.42. The fourth-order valence-electron chi connectivity index (χ4n) is 2.38. The summed E-state index contributed by atoms with van der Waals surface area (Å²) in [7, 11) is 0. The minimum atomic E-state index is -0.176. The molecule has 0 radical (unpaired) electrons. The van der Waals surface area contributed by atoms with E-state index in [0.717, 1.165) is 24.8 Å². The zero-order valence-corrected chi connectivity index (χ0v) is 14.7. The average Bonchev–Trinajstić information content (AvgIpc) is 2.48. The number of nitrogens with one attached hydrogen (secondary N) is 1. The van der Waals surface area contributed by atoms with Crippen LogP contribution in [-0.2, 0) is 10.2 Å². The molecule has 2 N–H and O–H groups in total. The van der Waals surface area contributed by atoms with Crippen LogP contribution >= 0.6 is 0 Å². The summed E-state index contributed by atoms with van der Waals surface area (Å²) < 4.78 is 0. The molecule has 0 atom stereocenters. The highest BCUT2D eigenvalue weighted by atomic mass is 16.3. The second kappa shape index (κ2) is 8.70. The van der Waals surface area contributed by atoms with Gasteiger partial charge in [-0.2, -0.15) is 0 Å². The van der Waals surface area contributed by atoms with Crippen molar-refractivity contribution >= 4 is 17.9 Å². The van der Waals surface area contributed by atoms with Crippen LogP contribution in [0, 0.1) is 0 Å². The maximum atomic E-state index is 12.0. The molecule has 0 saturated heterocycles. The summed E-state index contributed by atoms with van der Waals surface area (Å²) in [6.07, 6.45) is 6.43. The number of phenolic OH excluding ortho intramolecular Hbond substituents is 1. The molecular formula is C19H29NO3. The van der Waals surface area contributed by atoms with Crippen LogP contribution in [0.2, 0.25) is 0 Å². The minimum Gasteiger partial charge on any atom is -0.505 e. The van der Waals surface area contributed by atoms with Gasteiger partial charge in [0.25, 0.3) is 0 Å². The second-order valence-corrected chi connectivity index (χ2v) is 7.04. The molecule has 1 amide bonds. The van der Waals surface area contributed by atoms with E-state index in [2.05, 4.69) is 12.2 Å². The molecule has 0 unspecified atom stereocenters. The van der Waals surface area contributed by atoms with Gasteiger partial charge < -0.3 is 10.4 Å². The Kier molecular flexibility index (Phi) is 7.27. The summed E-state index contributed by atoms with van der Waals surface area (Å²) in [5.41, 5.74) is 1.25. The Bertz CT molecular complexity index is 544. The predicted molar refractivity (Wildman–Crippen MR) is 94.2 cm³/mol. The third-order valence-electron chi connectivity index (χ3n) is 3.91. The molecule has 1 aromatic rings. The lowest BCUT2D eigenvalue weighted by Gasteiger charge is -2.21. The van der Waals surface area contributed by atoms with Crippen molar-refractivity contribution in [3.8, 4) is 5.75 Å². The molecule has 0 bridgehead atoms. The summed E-state index contributed by atoms with van der Waals surface area (Å²) in [5.74, 6) is -0.285. The lowest BCUT2D eigenvalue weighted by Crippen LogP contribution is -2.15. The molecule has 128 valence electrons. The highest BCUT2D eigenvalue weighted by Gasteiger charge is 2.19. The molecule has 0 aliphatic rings. The lowest BCUT2D eigenvalue weighted by atomic mass is 9.85. The summed E-state index contributed by atoms with van der Waals surface area (Å²) in [5, 5.41) is 12.9. The molecule has 4 heteroatoms. The standard InChI is InChI=1S/C19H29NO3/c1-5-6-7-8-9-10-17(22)20-16-12-15(19(2,3)4)11-14(13-21)18(16)23/h11-13,23H,5-10H2,1-4H3,(H,20,22). The Morgan fingerprint density at radius 2 is 1.83 bits per heavy atom. The average molecular weight is 319 g/mol. The third-order valence-corrected chi connectivity index (χ3v) is 3.91. The van der Waals surface area contributed by atoms with Crippen molar-refractivity contribution in [3.05, 3.63) is 23.3 Å². The predicted octanol–water partition coefficient (Wildman–Crippen LogP) is 4.80. The van der Waals surface area contributed by atoms with E-state index in [9.17, 15) is 14.7 Å². The molecule has 0 spiro atoms. The van der Waals surface area contributed by atoms with Crippen LogP contribution in [0.3, 0.4) is 0 Å². The lowest BCUT2D eigenvalue weighted by molar-refractivity contribution is -0.116. The maximum absolute atomic E-state index is 12.0. The van der Waals surface area contributed by atoms with Gasteiger partial charge in [-0.25, -0.2) is 0 Å². The van der Waals surface area contributed by atoms with Gasteiger partial charge in [-0.05, 0) is 29.5 Å². The summed E-state index contributed by atoms with van der Waals surface area (Å²) in [6.45, 7) is 8.22. The van der Waals surface area contributed by atoms with Crippen LogP contribution in [0.1, 0.15) is 82.1 Å². The number of aldehydes is 1. The fraction of sp³-hybridized carbons (Fsp3) is 0.579. The number of rotatable bonds is 8. The van der Waals surface area contributed by atoms with E-state index in [4.69, 9.17) is 0 Å². The molecule has 4 nitrogen and oxygen atoms in total. The highest BCUT2D eigenvalue weighted by molar-refractivity contribution is 5.95. The normalized spacial score (nSPS) is 11.3. The SMILES string of the molecule is CCCCCCCC(=O)Nc1cc(C(C)(C)C)cc(C=O)c1O. The van der Waals surface area contributed by atoms with Crippen LogP contribution in [0.5, 0.6) is 5.75 Å². The Morgan fingerprint density at radius 3 is 2.39 bits per heavy atom. The third kappa shape index (κ3) is 6.05. The van der Waals surface area contributed by atoms with Crippen LogP contribution in [0.25, 0.3) is 0 Å². The van der Waals surface area contributed by atoms with Crippen molar-refractivity contribution in [1.82, 2.24) is 0 Å². The van der Waals surface area contributed by atoms with Gasteiger partial charge in [0, 0.05) is 6.42 Å². The molecule has 0 aromatic heterocycles. The molecule has 0 saturated carbocycles. The Balaban J connectivity index is 2.78. The van der Waals surface area contributed by atoms with Crippen LogP contribution in [0.4, 0.5) is 5.69 Å². The van der Waals surface area contributed by atoms with E-state index in [-0.39, 0.29) is 22.6 Å². The molecular weight excluding hydrogens is 290 g/mol. The molecule has 1 aromatic carbocycles. The largest absolute Gasteiger partial charge is 0.505 e. The summed E-state index contributed by atoms with van der Waals surface area (Å²) in [6, 6.07) is 3.42. The number of aromatic hydroxyl groups is 1. The van der Waals surface area contributed by atoms with Crippen molar-refractivity contribution in [2.24, 2.45) is 0 Å². The number of carbonyl (C=O) groups excluding carboxylic acids is 2. The van der Waals surface area contributed by atoms with Crippen molar-refractivity contribution in [1.29, 1.82) is 0 Å². The quantitative estimate of drug-likeness (QED) is 0.411. The van der Waals surface area contributed by atoms with Gasteiger partial charge >= 0.3 is 0 Å². The van der Waals surface area contributed by atoms with E-state index in [1.807, 2.05) is 20.8 Å². The molecule has 23 heavy (non-hydrogen) atoms. The molecule has 0 aliphatic heterocycles. The van der Waals surface area contributed by atoms with Crippen molar-refractivity contribution < 1.29 is 14.7 Å². The monoisotopic (exact) mass is 319 g/mol. The first kappa shape index (κ1) is 19.2. The molecule has 0 aliphatic carbocycles. The van der Waals surface area contributed by atoms with E-state index >= 15 is 0 Å². The number of hydrogen-bond donors (Lipinski definition) is 2. The molecule has 1 rings (SSSR count). The van der Waals surface area contributed by atoms with Gasteiger partial charge in [-0.15, -0.1) is 0 Å². The van der Waals surface area contributed by atoms with E-state index < -0.39 is 0 Å². The number of phenols is 1. The highest BCUT2D eigenvalue weighted by Crippen LogP contribution is 2.33. The summed E-state index contributed by atoms with van der Waals surface area (Å²) in [4.78, 5) is 23.2. The number of amides is 1. The number of benzene rings is 1. The van der Waals surface area contributed by atoms with E-state index in [1.165, 1.54) is 12.8 Å². The Hall–Kier alpha value is -1.84. The fourth-order valence-corrected chi connectivity index (χ4v) is 2.38. The van der Waals surface area contributed by atoms with Gasteiger partial charge in [0.2, 0.25) is 5.91 Å². The van der Waals surface area contributed by atoms with Crippen molar-refractivity contribution in [2.45, 2.75) is 71.6 Å². The molecule has 0 fully saturated rings. The van der Waals surface area contributed by atoms with Gasteiger partial charge in [0.05, 0.1) is 11.3 Å². The van der Waals surface area contributed by atoms with Gasteiger partial charge in [0.15, 0.2) is 6.29 Å². The Morgan fingerprint density at radius 1 is 1.17 bits per heavy atom. The van der Waals surface area contributed by atoms with Gasteiger partial charge in [-0.1, -0.05) is 53.4 Å². The van der Waals surface area contributed by atoms with E-state index in [1.54, 1.807) is 12.1 Å². The molecule has 0 heterocycles. The van der Waals surface area contributed by atoms with Crippen LogP contribution in [0.15, 0.2) is 12.1 Å². The van der Waals surface area contributed by atoms with Crippen molar-refractivity contribution in [2.75, 3.05) is 5.32 Å². The van der Waals surface area contributed by atoms with Crippen LogP contribution in [-0.4, -0.2) is 17.3 Å².